The zero-order valence-corrected chi connectivity index (χ0v) is 16.2. The van der Waals surface area contributed by atoms with Gasteiger partial charge >= 0.3 is 0 Å². The summed E-state index contributed by atoms with van der Waals surface area (Å²) in [5, 5.41) is 19.3. The van der Waals surface area contributed by atoms with E-state index < -0.39 is 5.60 Å². The van der Waals surface area contributed by atoms with Crippen molar-refractivity contribution in [3.63, 3.8) is 0 Å². The number of hydrogen-bond donors (Lipinski definition) is 2. The van der Waals surface area contributed by atoms with Crippen LogP contribution in [-0.2, 0) is 32.4 Å². The molecule has 3 aromatic heterocycles. The van der Waals surface area contributed by atoms with Crippen molar-refractivity contribution in [3.8, 4) is 16.2 Å². The molecule has 0 radical (unpaired) electrons. The van der Waals surface area contributed by atoms with Crippen molar-refractivity contribution < 1.29 is 30.3 Å². The zero-order chi connectivity index (χ0) is 16.9. The molecule has 8 heteroatoms. The number of aromatic amines is 1. The van der Waals surface area contributed by atoms with Gasteiger partial charge in [0.15, 0.2) is 0 Å². The molecule has 0 aromatic carbocycles. The van der Waals surface area contributed by atoms with Gasteiger partial charge in [-0.1, -0.05) is 6.92 Å². The summed E-state index contributed by atoms with van der Waals surface area (Å²) >= 11 is 1.39. The predicted octanol–water partition coefficient (Wildman–Crippen LogP) is 2.55. The fourth-order valence-electron chi connectivity index (χ4n) is 3.20. The van der Waals surface area contributed by atoms with E-state index in [4.69, 9.17) is 4.74 Å². The van der Waals surface area contributed by atoms with E-state index in [0.717, 1.165) is 40.0 Å². The first-order valence-electron chi connectivity index (χ1n) is 8.04. The molecule has 0 aliphatic carbocycles. The number of pyridine rings is 1. The molecule has 6 nitrogen and oxygen atoms in total. The van der Waals surface area contributed by atoms with Gasteiger partial charge in [-0.25, -0.2) is 0 Å². The van der Waals surface area contributed by atoms with Gasteiger partial charge in [0.2, 0.25) is 0 Å². The molecule has 0 fully saturated rings. The SMILES string of the molecule is CCC(C)(O)c1[nH]c(=O)c2sc(-c3cn[n-]c3)c3c2c1CCCO3.[Pd]. The van der Waals surface area contributed by atoms with Crippen molar-refractivity contribution in [1.82, 2.24) is 15.2 Å². The first kappa shape index (κ1) is 18.3. The molecule has 1 aliphatic heterocycles. The second-order valence-electron chi connectivity index (χ2n) is 6.30. The number of aryl methyl sites for hydroxylation is 1. The summed E-state index contributed by atoms with van der Waals surface area (Å²) in [6, 6.07) is 0. The molecule has 4 rings (SSSR count). The Bertz CT molecular complexity index is 960. The Morgan fingerprint density at radius 1 is 1.52 bits per heavy atom. The van der Waals surface area contributed by atoms with Crippen LogP contribution in [0.15, 0.2) is 17.2 Å². The van der Waals surface area contributed by atoms with Crippen LogP contribution in [0.3, 0.4) is 0 Å². The van der Waals surface area contributed by atoms with E-state index in [9.17, 15) is 9.90 Å². The summed E-state index contributed by atoms with van der Waals surface area (Å²) in [6.45, 7) is 4.23. The minimum Gasteiger partial charge on any atom is -0.581 e. The number of hydrogen-bond acceptors (Lipinski definition) is 5. The smallest absolute Gasteiger partial charge is 0.266 e. The van der Waals surface area contributed by atoms with Crippen LogP contribution in [0.4, 0.5) is 0 Å². The topological polar surface area (TPSA) is 89.3 Å². The molecule has 1 atom stereocenters. The summed E-state index contributed by atoms with van der Waals surface area (Å²) in [7, 11) is 0. The average Bonchev–Trinajstić information content (AvgIpc) is 3.16. The van der Waals surface area contributed by atoms with Gasteiger partial charge in [0, 0.05) is 32.0 Å². The van der Waals surface area contributed by atoms with E-state index in [1.54, 1.807) is 19.3 Å². The van der Waals surface area contributed by atoms with Gasteiger partial charge in [0.1, 0.15) is 16.1 Å². The Balaban J connectivity index is 0.00000182. The third-order valence-corrected chi connectivity index (χ3v) is 5.90. The monoisotopic (exact) mass is 450 g/mol. The Hall–Kier alpha value is -1.46. The van der Waals surface area contributed by atoms with Crippen LogP contribution in [0, 0.1) is 0 Å². The molecular weight excluding hydrogens is 433 g/mol. The van der Waals surface area contributed by atoms with Crippen LogP contribution in [0.5, 0.6) is 5.75 Å². The van der Waals surface area contributed by atoms with Gasteiger partial charge < -0.3 is 25.0 Å². The molecular formula is C17H18N3O3PdS-. The first-order chi connectivity index (χ1) is 11.5. The maximum atomic E-state index is 12.7. The predicted molar refractivity (Wildman–Crippen MR) is 92.7 cm³/mol. The molecule has 1 aliphatic rings. The number of aromatic nitrogens is 3. The van der Waals surface area contributed by atoms with Gasteiger partial charge in [0.25, 0.3) is 5.56 Å². The van der Waals surface area contributed by atoms with Crippen molar-refractivity contribution in [2.24, 2.45) is 0 Å². The zero-order valence-electron chi connectivity index (χ0n) is 13.9. The Kier molecular flexibility index (Phi) is 4.91. The quantitative estimate of drug-likeness (QED) is 0.599. The second kappa shape index (κ2) is 6.69. The molecule has 0 saturated carbocycles. The molecule has 0 spiro atoms. The van der Waals surface area contributed by atoms with Crippen molar-refractivity contribution >= 4 is 21.4 Å². The van der Waals surface area contributed by atoms with Crippen molar-refractivity contribution in [2.45, 2.75) is 38.7 Å². The van der Waals surface area contributed by atoms with Gasteiger partial charge in [-0.15, -0.1) is 11.3 Å². The molecule has 25 heavy (non-hydrogen) atoms. The Morgan fingerprint density at radius 3 is 3.00 bits per heavy atom. The maximum Gasteiger partial charge on any atom is 0.266 e. The normalized spacial score (nSPS) is 16.0. The second-order valence-corrected chi connectivity index (χ2v) is 7.32. The summed E-state index contributed by atoms with van der Waals surface area (Å²) < 4.78 is 6.63. The third kappa shape index (κ3) is 2.87. The van der Waals surface area contributed by atoms with Crippen LogP contribution >= 0.6 is 11.3 Å². The number of ether oxygens (including phenoxy) is 1. The number of rotatable bonds is 3. The van der Waals surface area contributed by atoms with E-state index in [1.807, 2.05) is 6.92 Å². The van der Waals surface area contributed by atoms with Gasteiger partial charge in [0.05, 0.1) is 17.2 Å². The summed E-state index contributed by atoms with van der Waals surface area (Å²) in [5.74, 6) is 0.719. The van der Waals surface area contributed by atoms with Crippen LogP contribution in [-0.4, -0.2) is 21.8 Å². The number of aliphatic hydroxyl groups is 1. The molecule has 0 amide bonds. The minimum atomic E-state index is -1.07. The number of thiophene rings is 1. The van der Waals surface area contributed by atoms with Crippen molar-refractivity contribution in [1.29, 1.82) is 0 Å². The van der Waals surface area contributed by atoms with Gasteiger partial charge in [-0.3, -0.25) is 4.79 Å². The molecule has 1 unspecified atom stereocenters. The van der Waals surface area contributed by atoms with E-state index in [1.165, 1.54) is 11.3 Å². The van der Waals surface area contributed by atoms with E-state index in [0.29, 0.717) is 23.4 Å². The number of nitrogens with one attached hydrogen (secondary N) is 1. The van der Waals surface area contributed by atoms with Gasteiger partial charge in [-0.05, 0) is 37.3 Å². The summed E-state index contributed by atoms with van der Waals surface area (Å²) in [4.78, 5) is 16.5. The number of nitrogens with zero attached hydrogens (tertiary/aromatic N) is 2. The van der Waals surface area contributed by atoms with Crippen LogP contribution in [0.1, 0.15) is 37.9 Å². The maximum absolute atomic E-state index is 12.7. The van der Waals surface area contributed by atoms with E-state index in [-0.39, 0.29) is 26.0 Å². The molecule has 136 valence electrons. The first-order valence-corrected chi connectivity index (χ1v) is 8.85. The van der Waals surface area contributed by atoms with Crippen molar-refractivity contribution in [2.75, 3.05) is 6.61 Å². The van der Waals surface area contributed by atoms with Gasteiger partial charge in [-0.2, -0.15) is 6.20 Å². The standard InChI is InChI=1S/C17H19N3O3S.Pd/c1-3-17(2,22)15-10-5-4-6-23-12-11(10)14(16(21)20-15)24-13(12)9-7-18-19-8-9;/h7-8,22H,3-6H2,1-2H3,(H2,18,19,20,21);/p-1. The fraction of sp³-hybridized carbons (Fsp3) is 0.412. The molecule has 4 heterocycles. The summed E-state index contributed by atoms with van der Waals surface area (Å²) in [5.41, 5.74) is 1.18. The number of H-pyrrole nitrogens is 1. The fourth-order valence-corrected chi connectivity index (χ4v) is 4.34. The van der Waals surface area contributed by atoms with Crippen molar-refractivity contribution in [3.05, 3.63) is 34.0 Å². The minimum absolute atomic E-state index is 0. The molecule has 3 aromatic rings. The van der Waals surface area contributed by atoms with E-state index in [2.05, 4.69) is 15.2 Å². The summed E-state index contributed by atoms with van der Waals surface area (Å²) in [6.07, 6.45) is 5.47. The van der Waals surface area contributed by atoms with Crippen LogP contribution in [0.25, 0.3) is 20.5 Å². The van der Waals surface area contributed by atoms with E-state index >= 15 is 0 Å². The third-order valence-electron chi connectivity index (χ3n) is 4.68. The van der Waals surface area contributed by atoms with Crippen LogP contribution in [0.2, 0.25) is 0 Å². The Labute approximate surface area is 162 Å². The molecule has 2 N–H and O–H groups in total. The van der Waals surface area contributed by atoms with Crippen LogP contribution < -0.4 is 15.4 Å². The molecule has 0 bridgehead atoms. The molecule has 0 saturated heterocycles. The average molecular weight is 451 g/mol. The largest absolute Gasteiger partial charge is 0.581 e. The Morgan fingerprint density at radius 2 is 2.32 bits per heavy atom.